The molecule has 34 heavy (non-hydrogen) atoms. The van der Waals surface area contributed by atoms with Crippen molar-refractivity contribution in [1.82, 2.24) is 25.1 Å². The Morgan fingerprint density at radius 1 is 0.971 bits per heavy atom. The summed E-state index contributed by atoms with van der Waals surface area (Å²) in [6.07, 6.45) is 5.26. The molecule has 172 valence electrons. The average Bonchev–Trinajstić information content (AvgIpc) is 3.60. The number of hydrogen-bond donors (Lipinski definition) is 1. The summed E-state index contributed by atoms with van der Waals surface area (Å²) >= 11 is 7.66. The first kappa shape index (κ1) is 22.6. The van der Waals surface area contributed by atoms with Crippen LogP contribution in [0, 0.1) is 0 Å². The van der Waals surface area contributed by atoms with Gasteiger partial charge < -0.3 is 9.88 Å². The van der Waals surface area contributed by atoms with E-state index in [4.69, 9.17) is 11.6 Å². The van der Waals surface area contributed by atoms with Crippen LogP contribution in [0.3, 0.4) is 0 Å². The molecule has 2 aromatic heterocycles. The normalized spacial score (nSPS) is 14.0. The summed E-state index contributed by atoms with van der Waals surface area (Å²) in [6, 6.07) is 21.8. The zero-order valence-electron chi connectivity index (χ0n) is 18.5. The van der Waals surface area contributed by atoms with Crippen LogP contribution in [0.4, 0.5) is 0 Å². The topological polar surface area (TPSA) is 72.7 Å². The predicted molar refractivity (Wildman–Crippen MR) is 134 cm³/mol. The van der Waals surface area contributed by atoms with Crippen molar-refractivity contribution in [3.8, 4) is 0 Å². The lowest BCUT2D eigenvalue weighted by atomic mass is 9.95. The number of nitrogens with zero attached hydrogens (tertiary/aromatic N) is 4. The van der Waals surface area contributed by atoms with Crippen LogP contribution < -0.4 is 5.32 Å². The second-order valence-electron chi connectivity index (χ2n) is 8.39. The minimum Gasteiger partial charge on any atom is -0.348 e. The Morgan fingerprint density at radius 2 is 1.71 bits per heavy atom. The van der Waals surface area contributed by atoms with Gasteiger partial charge in [0.05, 0.1) is 18.5 Å². The first-order valence-corrected chi connectivity index (χ1v) is 12.5. The molecule has 0 atom stereocenters. The van der Waals surface area contributed by atoms with Crippen molar-refractivity contribution in [2.75, 3.05) is 0 Å². The minimum absolute atomic E-state index is 0.0232. The Bertz CT molecular complexity index is 1260. The summed E-state index contributed by atoms with van der Waals surface area (Å²) < 4.78 is 2.09. The maximum Gasteiger partial charge on any atom is 0.231 e. The number of hydrogen-bond acceptors (Lipinski definition) is 5. The molecule has 0 radical (unpaired) electrons. The number of benzene rings is 2. The zero-order valence-corrected chi connectivity index (χ0v) is 20.1. The van der Waals surface area contributed by atoms with Crippen LogP contribution in [-0.4, -0.2) is 25.7 Å². The van der Waals surface area contributed by atoms with E-state index in [-0.39, 0.29) is 5.91 Å². The van der Waals surface area contributed by atoms with Crippen LogP contribution in [0.1, 0.15) is 35.4 Å². The Morgan fingerprint density at radius 3 is 2.41 bits per heavy atom. The van der Waals surface area contributed by atoms with E-state index in [0.29, 0.717) is 18.1 Å². The van der Waals surface area contributed by atoms with E-state index >= 15 is 0 Å². The van der Waals surface area contributed by atoms with Crippen LogP contribution in [0.5, 0.6) is 0 Å². The molecule has 1 amide bonds. The van der Waals surface area contributed by atoms with Gasteiger partial charge in [-0.25, -0.2) is 0 Å². The highest BCUT2D eigenvalue weighted by atomic mass is 35.5. The molecule has 1 N–H and O–H groups in total. The van der Waals surface area contributed by atoms with E-state index in [1.807, 2.05) is 54.6 Å². The standard InChI is InChI=1S/C26H24ClN5OS/c27-22-8-6-21(7-9-22)26(12-13-26)24(33)29-16-23-30-31-25(34-18-20-10-14-28-15-11-20)32(23)17-19-4-2-1-3-5-19/h1-11,14-15H,12-13,16-18H2,(H,29,33). The van der Waals surface area contributed by atoms with Gasteiger partial charge in [0.25, 0.3) is 0 Å². The number of carbonyl (C=O) groups excluding carboxylic acids is 1. The Labute approximate surface area is 207 Å². The minimum atomic E-state index is -0.464. The fourth-order valence-corrected chi connectivity index (χ4v) is 5.02. The molecule has 2 aromatic carbocycles. The summed E-state index contributed by atoms with van der Waals surface area (Å²) in [4.78, 5) is 17.2. The first-order valence-electron chi connectivity index (χ1n) is 11.2. The molecule has 0 unspecified atom stereocenters. The lowest BCUT2D eigenvalue weighted by Crippen LogP contribution is -2.35. The molecule has 1 aliphatic carbocycles. The monoisotopic (exact) mass is 489 g/mol. The fourth-order valence-electron chi connectivity index (χ4n) is 3.98. The number of carbonyl (C=O) groups is 1. The number of pyridine rings is 1. The molecule has 4 aromatic rings. The van der Waals surface area contributed by atoms with Gasteiger partial charge >= 0.3 is 0 Å². The molecule has 0 saturated heterocycles. The maximum atomic E-state index is 13.2. The highest BCUT2D eigenvalue weighted by Gasteiger charge is 2.51. The molecule has 6 nitrogen and oxygen atoms in total. The molecule has 5 rings (SSSR count). The van der Waals surface area contributed by atoms with E-state index in [1.165, 1.54) is 5.56 Å². The number of rotatable bonds is 9. The molecule has 2 heterocycles. The molecule has 0 bridgehead atoms. The van der Waals surface area contributed by atoms with Gasteiger partial charge in [0, 0.05) is 23.2 Å². The van der Waals surface area contributed by atoms with Gasteiger partial charge in [0.1, 0.15) is 0 Å². The molecular formula is C26H24ClN5OS. The first-order chi connectivity index (χ1) is 16.6. The predicted octanol–water partition coefficient (Wildman–Crippen LogP) is 5.02. The number of halogens is 1. The van der Waals surface area contributed by atoms with E-state index in [0.717, 1.165) is 40.7 Å². The van der Waals surface area contributed by atoms with Crippen molar-refractivity contribution >= 4 is 29.3 Å². The smallest absolute Gasteiger partial charge is 0.231 e. The summed E-state index contributed by atoms with van der Waals surface area (Å²) in [5.74, 6) is 1.53. The third kappa shape index (κ3) is 5.00. The van der Waals surface area contributed by atoms with Gasteiger partial charge in [-0.05, 0) is 53.8 Å². The van der Waals surface area contributed by atoms with Crippen LogP contribution in [0.2, 0.25) is 5.02 Å². The second-order valence-corrected chi connectivity index (χ2v) is 9.77. The van der Waals surface area contributed by atoms with Gasteiger partial charge in [-0.1, -0.05) is 65.8 Å². The number of thioether (sulfide) groups is 1. The van der Waals surface area contributed by atoms with Crippen LogP contribution in [0.15, 0.2) is 84.3 Å². The number of nitrogens with one attached hydrogen (secondary N) is 1. The Balaban J connectivity index is 1.32. The van der Waals surface area contributed by atoms with Crippen LogP contribution in [-0.2, 0) is 29.1 Å². The van der Waals surface area contributed by atoms with Crippen molar-refractivity contribution in [1.29, 1.82) is 0 Å². The number of aromatic nitrogens is 4. The summed E-state index contributed by atoms with van der Waals surface area (Å²) in [6.45, 7) is 0.962. The van der Waals surface area contributed by atoms with E-state index < -0.39 is 5.41 Å². The van der Waals surface area contributed by atoms with Crippen LogP contribution in [0.25, 0.3) is 0 Å². The maximum absolute atomic E-state index is 13.2. The van der Waals surface area contributed by atoms with Gasteiger partial charge in [0.15, 0.2) is 11.0 Å². The Kier molecular flexibility index (Phi) is 6.65. The summed E-state index contributed by atoms with van der Waals surface area (Å²) in [7, 11) is 0. The summed E-state index contributed by atoms with van der Waals surface area (Å²) in [5.41, 5.74) is 2.87. The number of amides is 1. The second kappa shape index (κ2) is 9.99. The van der Waals surface area contributed by atoms with Gasteiger partial charge in [-0.15, -0.1) is 10.2 Å². The van der Waals surface area contributed by atoms with Crippen molar-refractivity contribution in [2.45, 2.75) is 42.3 Å². The fraction of sp³-hybridized carbons (Fsp3) is 0.231. The lowest BCUT2D eigenvalue weighted by Gasteiger charge is -2.16. The zero-order chi connectivity index (χ0) is 23.4. The molecule has 8 heteroatoms. The van der Waals surface area contributed by atoms with Gasteiger partial charge in [-0.3, -0.25) is 9.78 Å². The average molecular weight is 490 g/mol. The SMILES string of the molecule is O=C(NCc1nnc(SCc2ccncc2)n1Cc1ccccc1)C1(c2ccc(Cl)cc2)CC1. The summed E-state index contributed by atoms with van der Waals surface area (Å²) in [5, 5.41) is 13.5. The quantitative estimate of drug-likeness (QED) is 0.334. The molecule has 1 aliphatic rings. The van der Waals surface area contributed by atoms with E-state index in [9.17, 15) is 4.79 Å². The third-order valence-corrected chi connectivity index (χ3v) is 7.37. The van der Waals surface area contributed by atoms with Crippen molar-refractivity contribution in [2.24, 2.45) is 0 Å². The molecular weight excluding hydrogens is 466 g/mol. The molecule has 1 fully saturated rings. The largest absolute Gasteiger partial charge is 0.348 e. The molecule has 0 spiro atoms. The Hall–Kier alpha value is -3.16. The van der Waals surface area contributed by atoms with Crippen molar-refractivity contribution in [3.63, 3.8) is 0 Å². The van der Waals surface area contributed by atoms with E-state index in [1.54, 1.807) is 24.2 Å². The van der Waals surface area contributed by atoms with Gasteiger partial charge in [-0.2, -0.15) is 0 Å². The van der Waals surface area contributed by atoms with E-state index in [2.05, 4.69) is 37.2 Å². The van der Waals surface area contributed by atoms with Gasteiger partial charge in [0.2, 0.25) is 5.91 Å². The molecule has 0 aliphatic heterocycles. The van der Waals surface area contributed by atoms with Crippen molar-refractivity contribution in [3.05, 3.63) is 107 Å². The highest BCUT2D eigenvalue weighted by molar-refractivity contribution is 7.98. The third-order valence-electron chi connectivity index (χ3n) is 6.08. The highest BCUT2D eigenvalue weighted by Crippen LogP contribution is 2.48. The van der Waals surface area contributed by atoms with Crippen molar-refractivity contribution < 1.29 is 4.79 Å². The van der Waals surface area contributed by atoms with Crippen LogP contribution >= 0.6 is 23.4 Å². The molecule has 1 saturated carbocycles. The lowest BCUT2D eigenvalue weighted by molar-refractivity contribution is -0.123.